The molecule has 0 spiro atoms. The van der Waals surface area contributed by atoms with Gasteiger partial charge < -0.3 is 10.4 Å². The topological polar surface area (TPSA) is 90.8 Å². The molecule has 1 heterocycles. The third-order valence-electron chi connectivity index (χ3n) is 4.72. The maximum Gasteiger partial charge on any atom is 0.417 e. The Morgan fingerprint density at radius 3 is 2.69 bits per heavy atom. The maximum absolute atomic E-state index is 13.0. The molecule has 12 heteroatoms. The second-order valence-electron chi connectivity index (χ2n) is 7.38. The summed E-state index contributed by atoms with van der Waals surface area (Å²) in [5.41, 5.74) is 2.89. The van der Waals surface area contributed by atoms with E-state index in [2.05, 4.69) is 15.8 Å². The molecule has 2 amide bonds. The Hall–Kier alpha value is -2.86. The van der Waals surface area contributed by atoms with E-state index >= 15 is 0 Å². The summed E-state index contributed by atoms with van der Waals surface area (Å²) in [6.45, 7) is 0.137. The minimum atomic E-state index is -4.62. The van der Waals surface area contributed by atoms with Crippen molar-refractivity contribution < 1.29 is 27.9 Å². The van der Waals surface area contributed by atoms with Gasteiger partial charge in [-0.1, -0.05) is 29.8 Å². The summed E-state index contributed by atoms with van der Waals surface area (Å²) in [7, 11) is 0. The Balaban J connectivity index is 1.63. The molecule has 36 heavy (non-hydrogen) atoms. The molecular weight excluding hydrogens is 535 g/mol. The summed E-state index contributed by atoms with van der Waals surface area (Å²) in [5, 5.41) is 16.8. The van der Waals surface area contributed by atoms with E-state index in [0.29, 0.717) is 22.7 Å². The van der Waals surface area contributed by atoms with Gasteiger partial charge in [0.25, 0.3) is 11.8 Å². The van der Waals surface area contributed by atoms with Crippen LogP contribution in [0.25, 0.3) is 0 Å². The van der Waals surface area contributed by atoms with Crippen molar-refractivity contribution in [1.29, 1.82) is 0 Å². The van der Waals surface area contributed by atoms with Crippen molar-refractivity contribution in [2.45, 2.75) is 18.3 Å². The van der Waals surface area contributed by atoms with E-state index in [1.54, 1.807) is 35.3 Å². The summed E-state index contributed by atoms with van der Waals surface area (Å²) in [6.07, 6.45) is -2.85. The second-order valence-corrected chi connectivity index (χ2v) is 9.81. The lowest BCUT2D eigenvalue weighted by Gasteiger charge is -2.09. The number of rotatable bonds is 10. The number of carbonyl (C=O) groups is 2. The molecule has 2 aromatic carbocycles. The van der Waals surface area contributed by atoms with Crippen molar-refractivity contribution >= 4 is 57.7 Å². The maximum atomic E-state index is 13.0. The molecule has 0 fully saturated rings. The summed E-state index contributed by atoms with van der Waals surface area (Å²) in [6, 6.07) is 11.9. The van der Waals surface area contributed by atoms with Crippen molar-refractivity contribution in [1.82, 2.24) is 5.43 Å². The Labute approximate surface area is 218 Å². The lowest BCUT2D eigenvalue weighted by atomic mass is 10.1. The molecule has 3 aromatic rings. The van der Waals surface area contributed by atoms with Gasteiger partial charge in [-0.3, -0.25) is 9.59 Å². The molecule has 0 atom stereocenters. The van der Waals surface area contributed by atoms with Crippen molar-refractivity contribution in [3.05, 3.63) is 86.8 Å². The molecule has 6 nitrogen and oxygen atoms in total. The summed E-state index contributed by atoms with van der Waals surface area (Å²) < 4.78 is 39.0. The summed E-state index contributed by atoms with van der Waals surface area (Å²) in [4.78, 5) is 25.3. The summed E-state index contributed by atoms with van der Waals surface area (Å²) >= 11 is 8.40. The highest BCUT2D eigenvalue weighted by molar-refractivity contribution is 7.98. The van der Waals surface area contributed by atoms with Crippen LogP contribution in [-0.4, -0.2) is 35.5 Å². The number of benzene rings is 2. The normalized spacial score (nSPS) is 11.6. The zero-order chi connectivity index (χ0) is 26.1. The number of aliphatic hydroxyl groups excluding tert-OH is 1. The van der Waals surface area contributed by atoms with Crippen molar-refractivity contribution in [3.8, 4) is 0 Å². The molecule has 0 aliphatic carbocycles. The van der Waals surface area contributed by atoms with Crippen LogP contribution in [0.15, 0.2) is 59.0 Å². The van der Waals surface area contributed by atoms with Crippen molar-refractivity contribution in [2.75, 3.05) is 17.7 Å². The number of anilines is 1. The Morgan fingerprint density at radius 1 is 1.14 bits per heavy atom. The van der Waals surface area contributed by atoms with Crippen LogP contribution in [0.3, 0.4) is 0 Å². The van der Waals surface area contributed by atoms with Gasteiger partial charge >= 0.3 is 6.18 Å². The lowest BCUT2D eigenvalue weighted by molar-refractivity contribution is -0.137. The number of hydrogen-bond acceptors (Lipinski definition) is 6. The number of nitrogens with one attached hydrogen (secondary N) is 2. The van der Waals surface area contributed by atoms with E-state index in [1.165, 1.54) is 12.1 Å². The van der Waals surface area contributed by atoms with Gasteiger partial charge in [-0.2, -0.15) is 30.0 Å². The van der Waals surface area contributed by atoms with Gasteiger partial charge in [0.2, 0.25) is 0 Å². The largest absolute Gasteiger partial charge is 0.417 e. The first-order valence-corrected chi connectivity index (χ1v) is 13.0. The number of amides is 2. The predicted octanol–water partition coefficient (Wildman–Crippen LogP) is 6.05. The predicted molar refractivity (Wildman–Crippen MR) is 138 cm³/mol. The molecular formula is C24H21ClF3N3O3S2. The molecule has 0 bridgehead atoms. The number of thiophene rings is 1. The molecule has 1 aromatic heterocycles. The molecule has 0 aliphatic rings. The molecule has 0 radical (unpaired) electrons. The van der Waals surface area contributed by atoms with Gasteiger partial charge in [0, 0.05) is 17.9 Å². The van der Waals surface area contributed by atoms with E-state index < -0.39 is 28.6 Å². The zero-order valence-electron chi connectivity index (χ0n) is 18.6. The van der Waals surface area contributed by atoms with Crippen LogP contribution in [0.2, 0.25) is 5.02 Å². The number of halogens is 4. The Bertz CT molecular complexity index is 1250. The van der Waals surface area contributed by atoms with Crippen LogP contribution in [0, 0.1) is 0 Å². The standard InChI is InChI=1S/C24H21ClF3N3O3S2/c25-20-6-5-15(12-19(20)24(26,27)28)13-29-31-22(34)18-7-10-36-23(18)30-21(33)17-4-1-3-16(11-17)14-35-9-2-8-32/h1,3-7,10-13,32H,2,8-9,14H2,(H,30,33)(H,31,34)/b29-13+. The first kappa shape index (κ1) is 27.7. The van der Waals surface area contributed by atoms with Crippen LogP contribution in [0.1, 0.15) is 43.8 Å². The molecule has 0 saturated heterocycles. The van der Waals surface area contributed by atoms with Gasteiger partial charge in [0.05, 0.1) is 22.4 Å². The lowest BCUT2D eigenvalue weighted by Crippen LogP contribution is -2.20. The number of hydrazone groups is 1. The number of aliphatic hydroxyl groups is 1. The SMILES string of the molecule is O=C(Nc1sccc1C(=O)N/N=C/c1ccc(Cl)c(C(F)(F)F)c1)c1cccc(CSCCCO)c1. The van der Waals surface area contributed by atoms with E-state index in [1.807, 2.05) is 6.07 Å². The van der Waals surface area contributed by atoms with Gasteiger partial charge in [-0.15, -0.1) is 11.3 Å². The van der Waals surface area contributed by atoms with Crippen LogP contribution in [0.4, 0.5) is 18.2 Å². The minimum absolute atomic E-state index is 0.0975. The number of nitrogens with zero attached hydrogens (tertiary/aromatic N) is 1. The van der Waals surface area contributed by atoms with Gasteiger partial charge in [0.1, 0.15) is 5.00 Å². The zero-order valence-corrected chi connectivity index (χ0v) is 21.0. The van der Waals surface area contributed by atoms with E-state index in [-0.39, 0.29) is 17.7 Å². The van der Waals surface area contributed by atoms with E-state index in [4.69, 9.17) is 16.7 Å². The average Bonchev–Trinajstić information content (AvgIpc) is 3.30. The average molecular weight is 556 g/mol. The van der Waals surface area contributed by atoms with Gasteiger partial charge in [-0.25, -0.2) is 5.43 Å². The highest BCUT2D eigenvalue weighted by Gasteiger charge is 2.33. The van der Waals surface area contributed by atoms with Crippen molar-refractivity contribution in [2.24, 2.45) is 5.10 Å². The second kappa shape index (κ2) is 12.9. The fourth-order valence-corrected chi connectivity index (χ4v) is 4.88. The quantitative estimate of drug-likeness (QED) is 0.161. The van der Waals surface area contributed by atoms with Crippen LogP contribution in [-0.2, 0) is 11.9 Å². The van der Waals surface area contributed by atoms with Gasteiger partial charge in [-0.05, 0) is 59.0 Å². The molecule has 3 rings (SSSR count). The van der Waals surface area contributed by atoms with E-state index in [9.17, 15) is 22.8 Å². The highest BCUT2D eigenvalue weighted by Crippen LogP contribution is 2.34. The fourth-order valence-electron chi connectivity index (χ4n) is 2.99. The number of alkyl halides is 3. The molecule has 3 N–H and O–H groups in total. The minimum Gasteiger partial charge on any atom is -0.396 e. The van der Waals surface area contributed by atoms with Crippen LogP contribution >= 0.6 is 34.7 Å². The van der Waals surface area contributed by atoms with Crippen molar-refractivity contribution in [3.63, 3.8) is 0 Å². The first-order chi connectivity index (χ1) is 17.2. The molecule has 190 valence electrons. The number of thioether (sulfide) groups is 1. The van der Waals surface area contributed by atoms with Crippen LogP contribution < -0.4 is 10.7 Å². The molecule has 0 aliphatic heterocycles. The molecule has 0 unspecified atom stereocenters. The Kier molecular flexibility index (Phi) is 9.94. The molecule has 0 saturated carbocycles. The third-order valence-corrected chi connectivity index (χ3v) is 6.99. The first-order valence-electron chi connectivity index (χ1n) is 10.6. The van der Waals surface area contributed by atoms with E-state index in [0.717, 1.165) is 41.0 Å². The number of carbonyl (C=O) groups excluding carboxylic acids is 2. The highest BCUT2D eigenvalue weighted by atomic mass is 35.5. The number of hydrogen-bond donors (Lipinski definition) is 3. The van der Waals surface area contributed by atoms with Gasteiger partial charge in [0.15, 0.2) is 0 Å². The Morgan fingerprint density at radius 2 is 1.94 bits per heavy atom. The fraction of sp³-hybridized carbons (Fsp3) is 0.208. The smallest absolute Gasteiger partial charge is 0.396 e. The third kappa shape index (κ3) is 7.82. The summed E-state index contributed by atoms with van der Waals surface area (Å²) in [5.74, 6) is 0.481. The monoisotopic (exact) mass is 555 g/mol. The van der Waals surface area contributed by atoms with Crippen LogP contribution in [0.5, 0.6) is 0 Å².